The van der Waals surface area contributed by atoms with Gasteiger partial charge in [-0.15, -0.1) is 0 Å². The van der Waals surface area contributed by atoms with Crippen molar-refractivity contribution in [3.63, 3.8) is 0 Å². The van der Waals surface area contributed by atoms with Crippen LogP contribution < -0.4 is 5.32 Å². The zero-order valence-corrected chi connectivity index (χ0v) is 10.00. The number of amides is 1. The second-order valence-corrected chi connectivity index (χ2v) is 3.86. The molecule has 0 fully saturated rings. The zero-order chi connectivity index (χ0) is 13.7. The molecule has 94 valence electrons. The van der Waals surface area contributed by atoms with E-state index in [9.17, 15) is 9.90 Å². The summed E-state index contributed by atoms with van der Waals surface area (Å²) in [6, 6.07) is 11.9. The van der Waals surface area contributed by atoms with Gasteiger partial charge in [-0.05, 0) is 29.8 Å². The molecule has 1 amide bonds. The van der Waals surface area contributed by atoms with Crippen molar-refractivity contribution in [2.24, 2.45) is 0 Å². The highest BCUT2D eigenvalue weighted by molar-refractivity contribution is 6.04. The quantitative estimate of drug-likeness (QED) is 0.877. The number of aromatic hydroxyl groups is 1. The first kappa shape index (κ1) is 12.6. The van der Waals surface area contributed by atoms with Crippen molar-refractivity contribution in [1.29, 1.82) is 5.26 Å². The number of nitrogens with zero attached hydrogens (tertiary/aromatic N) is 2. The zero-order valence-electron chi connectivity index (χ0n) is 10.00. The van der Waals surface area contributed by atoms with Crippen molar-refractivity contribution in [2.75, 3.05) is 5.32 Å². The predicted molar refractivity (Wildman–Crippen MR) is 69.6 cm³/mol. The van der Waals surface area contributed by atoms with Gasteiger partial charge >= 0.3 is 0 Å². The van der Waals surface area contributed by atoms with Crippen molar-refractivity contribution in [2.45, 2.75) is 6.42 Å². The average molecular weight is 253 g/mol. The van der Waals surface area contributed by atoms with E-state index in [2.05, 4.69) is 10.3 Å². The molecule has 0 saturated carbocycles. The molecule has 1 aromatic heterocycles. The van der Waals surface area contributed by atoms with Gasteiger partial charge in [-0.25, -0.2) is 4.98 Å². The standard InChI is InChI=1S/C14H11N3O2/c15-8-7-10-3-5-11(6-4-10)17-14(19)13-12(18)2-1-9-16-13/h1-6,9,18H,7H2,(H,17,19). The minimum Gasteiger partial charge on any atom is -0.505 e. The van der Waals surface area contributed by atoms with E-state index < -0.39 is 5.91 Å². The minimum absolute atomic E-state index is 0.0244. The largest absolute Gasteiger partial charge is 0.505 e. The summed E-state index contributed by atoms with van der Waals surface area (Å²) < 4.78 is 0. The van der Waals surface area contributed by atoms with Crippen molar-refractivity contribution in [3.05, 3.63) is 53.9 Å². The maximum atomic E-state index is 11.9. The molecule has 0 aliphatic heterocycles. The van der Waals surface area contributed by atoms with Crippen LogP contribution in [0.3, 0.4) is 0 Å². The summed E-state index contributed by atoms with van der Waals surface area (Å²) in [6.07, 6.45) is 1.76. The fourth-order valence-corrected chi connectivity index (χ4v) is 1.56. The molecule has 2 rings (SSSR count). The minimum atomic E-state index is -0.480. The Morgan fingerprint density at radius 2 is 2.05 bits per heavy atom. The molecule has 5 nitrogen and oxygen atoms in total. The van der Waals surface area contributed by atoms with Crippen LogP contribution in [0.25, 0.3) is 0 Å². The molecule has 0 atom stereocenters. The average Bonchev–Trinajstić information content (AvgIpc) is 2.42. The van der Waals surface area contributed by atoms with Crippen LogP contribution in [-0.2, 0) is 6.42 Å². The number of carbonyl (C=O) groups excluding carboxylic acids is 1. The maximum Gasteiger partial charge on any atom is 0.278 e. The number of benzene rings is 1. The smallest absolute Gasteiger partial charge is 0.278 e. The number of hydrogen-bond donors (Lipinski definition) is 2. The van der Waals surface area contributed by atoms with E-state index >= 15 is 0 Å². The number of aromatic nitrogens is 1. The number of carbonyl (C=O) groups is 1. The number of nitrogens with one attached hydrogen (secondary N) is 1. The molecule has 5 heteroatoms. The topological polar surface area (TPSA) is 86.0 Å². The number of hydrogen-bond acceptors (Lipinski definition) is 4. The van der Waals surface area contributed by atoms with E-state index in [0.29, 0.717) is 12.1 Å². The van der Waals surface area contributed by atoms with E-state index in [1.54, 1.807) is 30.3 Å². The van der Waals surface area contributed by atoms with Crippen LogP contribution in [0.4, 0.5) is 5.69 Å². The van der Waals surface area contributed by atoms with Gasteiger partial charge in [0.25, 0.3) is 5.91 Å². The van der Waals surface area contributed by atoms with Gasteiger partial charge in [-0.3, -0.25) is 4.79 Å². The Morgan fingerprint density at radius 3 is 2.68 bits per heavy atom. The Morgan fingerprint density at radius 1 is 1.32 bits per heavy atom. The van der Waals surface area contributed by atoms with Gasteiger partial charge in [0.15, 0.2) is 5.69 Å². The second-order valence-electron chi connectivity index (χ2n) is 3.86. The highest BCUT2D eigenvalue weighted by atomic mass is 16.3. The molecular formula is C14H11N3O2. The molecule has 0 bridgehead atoms. The van der Waals surface area contributed by atoms with E-state index in [-0.39, 0.29) is 11.4 Å². The fourth-order valence-electron chi connectivity index (χ4n) is 1.56. The van der Waals surface area contributed by atoms with Gasteiger partial charge in [-0.1, -0.05) is 12.1 Å². The highest BCUT2D eigenvalue weighted by Gasteiger charge is 2.11. The van der Waals surface area contributed by atoms with E-state index in [4.69, 9.17) is 5.26 Å². The molecule has 0 unspecified atom stereocenters. The van der Waals surface area contributed by atoms with Crippen LogP contribution in [0, 0.1) is 11.3 Å². The summed E-state index contributed by atoms with van der Waals surface area (Å²) in [7, 11) is 0. The van der Waals surface area contributed by atoms with Crippen LogP contribution in [-0.4, -0.2) is 16.0 Å². The van der Waals surface area contributed by atoms with Crippen molar-refractivity contribution < 1.29 is 9.90 Å². The third-order valence-electron chi connectivity index (χ3n) is 2.50. The number of rotatable bonds is 3. The van der Waals surface area contributed by atoms with Crippen LogP contribution >= 0.6 is 0 Å². The first-order valence-corrected chi connectivity index (χ1v) is 5.62. The lowest BCUT2D eigenvalue weighted by Crippen LogP contribution is -2.13. The monoisotopic (exact) mass is 253 g/mol. The number of nitriles is 1. The van der Waals surface area contributed by atoms with Gasteiger partial charge in [0.1, 0.15) is 5.75 Å². The maximum absolute atomic E-state index is 11.9. The lowest BCUT2D eigenvalue weighted by molar-refractivity contribution is 0.101. The van der Waals surface area contributed by atoms with Gasteiger partial charge < -0.3 is 10.4 Å². The van der Waals surface area contributed by atoms with Crippen molar-refractivity contribution in [1.82, 2.24) is 4.98 Å². The lowest BCUT2D eigenvalue weighted by atomic mass is 10.1. The first-order chi connectivity index (χ1) is 9.20. The lowest BCUT2D eigenvalue weighted by Gasteiger charge is -2.06. The third-order valence-corrected chi connectivity index (χ3v) is 2.50. The molecule has 0 spiro atoms. The predicted octanol–water partition coefficient (Wildman–Crippen LogP) is 2.11. The van der Waals surface area contributed by atoms with Gasteiger partial charge in [0.2, 0.25) is 0 Å². The molecule has 2 N–H and O–H groups in total. The molecule has 19 heavy (non-hydrogen) atoms. The summed E-state index contributed by atoms with van der Waals surface area (Å²) >= 11 is 0. The molecule has 0 saturated heterocycles. The number of pyridine rings is 1. The van der Waals surface area contributed by atoms with Gasteiger partial charge in [0, 0.05) is 11.9 Å². The molecule has 2 aromatic rings. The Kier molecular flexibility index (Phi) is 3.74. The summed E-state index contributed by atoms with van der Waals surface area (Å²) in [5.74, 6) is -0.646. The third kappa shape index (κ3) is 3.07. The first-order valence-electron chi connectivity index (χ1n) is 5.62. The molecular weight excluding hydrogens is 242 g/mol. The van der Waals surface area contributed by atoms with Crippen molar-refractivity contribution >= 4 is 11.6 Å². The Bertz CT molecular complexity index is 630. The molecule has 1 heterocycles. The van der Waals surface area contributed by atoms with E-state index in [0.717, 1.165) is 5.56 Å². The second kappa shape index (κ2) is 5.65. The summed E-state index contributed by atoms with van der Waals surface area (Å²) in [6.45, 7) is 0. The fraction of sp³-hybridized carbons (Fsp3) is 0.0714. The van der Waals surface area contributed by atoms with Crippen molar-refractivity contribution in [3.8, 4) is 11.8 Å². The Balaban J connectivity index is 2.11. The molecule has 0 radical (unpaired) electrons. The van der Waals surface area contributed by atoms with Crippen LogP contribution in [0.2, 0.25) is 0 Å². The Labute approximate surface area is 110 Å². The molecule has 1 aromatic carbocycles. The van der Waals surface area contributed by atoms with Gasteiger partial charge in [-0.2, -0.15) is 5.26 Å². The summed E-state index contributed by atoms with van der Waals surface area (Å²) in [5.41, 5.74) is 1.43. The van der Waals surface area contributed by atoms with Crippen LogP contribution in [0.1, 0.15) is 16.1 Å². The summed E-state index contributed by atoms with van der Waals surface area (Å²) in [5, 5.41) is 20.7. The van der Waals surface area contributed by atoms with E-state index in [1.165, 1.54) is 12.3 Å². The van der Waals surface area contributed by atoms with Crippen LogP contribution in [0.15, 0.2) is 42.6 Å². The van der Waals surface area contributed by atoms with Gasteiger partial charge in [0.05, 0.1) is 12.5 Å². The molecule has 0 aliphatic carbocycles. The highest BCUT2D eigenvalue weighted by Crippen LogP contribution is 2.16. The molecule has 0 aliphatic rings. The summed E-state index contributed by atoms with van der Waals surface area (Å²) in [4.78, 5) is 15.7. The Hall–Kier alpha value is -2.87. The normalized spacial score (nSPS) is 9.63. The van der Waals surface area contributed by atoms with E-state index in [1.807, 2.05) is 6.07 Å². The SMILES string of the molecule is N#CCc1ccc(NC(=O)c2ncccc2O)cc1. The van der Waals surface area contributed by atoms with Crippen LogP contribution in [0.5, 0.6) is 5.75 Å². The number of anilines is 1.